The van der Waals surface area contributed by atoms with Gasteiger partial charge in [-0.15, -0.1) is 0 Å². The number of rotatable bonds is 7. The molecular weight excluding hydrogens is 184 g/mol. The lowest BCUT2D eigenvalue weighted by Crippen LogP contribution is -1.71. The monoisotopic (exact) mass is 206 g/mol. The van der Waals surface area contributed by atoms with E-state index in [1.54, 1.807) is 0 Å². The van der Waals surface area contributed by atoms with Gasteiger partial charge in [-0.05, 0) is 19.3 Å². The average Bonchev–Trinajstić information content (AvgIpc) is 2.26. The molecule has 0 saturated heterocycles. The second-order valence-corrected chi connectivity index (χ2v) is 3.39. The number of allylic oxidation sites excluding steroid dienone is 4. The summed E-state index contributed by atoms with van der Waals surface area (Å²) in [5.74, 6) is 5.45. The van der Waals surface area contributed by atoms with Crippen molar-refractivity contribution in [3.63, 3.8) is 0 Å². The Bertz CT molecular complexity index is 227. The van der Waals surface area contributed by atoms with E-state index in [-0.39, 0.29) is 6.61 Å². The van der Waals surface area contributed by atoms with Crippen molar-refractivity contribution in [1.82, 2.24) is 0 Å². The molecule has 0 aromatic rings. The van der Waals surface area contributed by atoms with Gasteiger partial charge >= 0.3 is 0 Å². The summed E-state index contributed by atoms with van der Waals surface area (Å²) in [4.78, 5) is 0. The standard InChI is InChI=1S/C14H22O/c1-2-3-4-5-6-7-8-9-10-11-12-13-14-15/h6-7,9-10,15H,2-5,8,11,14H2,1H3. The van der Waals surface area contributed by atoms with Crippen LogP contribution in [0.25, 0.3) is 0 Å². The topological polar surface area (TPSA) is 20.2 Å². The SMILES string of the molecule is CCCCCC=CCC=CCC#CCO. The van der Waals surface area contributed by atoms with Crippen LogP contribution in [0.15, 0.2) is 24.3 Å². The molecule has 0 spiro atoms. The van der Waals surface area contributed by atoms with E-state index in [0.717, 1.165) is 12.8 Å². The quantitative estimate of drug-likeness (QED) is 0.384. The van der Waals surface area contributed by atoms with Crippen molar-refractivity contribution in [3.8, 4) is 11.8 Å². The molecule has 0 atom stereocenters. The molecule has 0 rings (SSSR count). The first-order valence-corrected chi connectivity index (χ1v) is 5.78. The van der Waals surface area contributed by atoms with Crippen molar-refractivity contribution in [2.75, 3.05) is 6.61 Å². The van der Waals surface area contributed by atoms with Gasteiger partial charge in [-0.25, -0.2) is 0 Å². The van der Waals surface area contributed by atoms with Gasteiger partial charge in [0.15, 0.2) is 0 Å². The van der Waals surface area contributed by atoms with Crippen molar-refractivity contribution in [2.45, 2.75) is 45.4 Å². The lowest BCUT2D eigenvalue weighted by molar-refractivity contribution is 0.350. The highest BCUT2D eigenvalue weighted by Crippen LogP contribution is 2.00. The summed E-state index contributed by atoms with van der Waals surface area (Å²) in [5, 5.41) is 8.40. The highest BCUT2D eigenvalue weighted by Gasteiger charge is 1.80. The number of unbranched alkanes of at least 4 members (excludes halogenated alkanes) is 3. The summed E-state index contributed by atoms with van der Waals surface area (Å²) < 4.78 is 0. The summed E-state index contributed by atoms with van der Waals surface area (Å²) in [7, 11) is 0. The first kappa shape index (κ1) is 14.0. The van der Waals surface area contributed by atoms with Crippen LogP contribution < -0.4 is 0 Å². The van der Waals surface area contributed by atoms with Crippen LogP contribution in [0, 0.1) is 11.8 Å². The predicted octanol–water partition coefficient (Wildman–Crippen LogP) is 3.46. The van der Waals surface area contributed by atoms with E-state index < -0.39 is 0 Å². The molecule has 84 valence electrons. The third-order valence-electron chi connectivity index (χ3n) is 2.00. The highest BCUT2D eigenvalue weighted by atomic mass is 16.2. The van der Waals surface area contributed by atoms with Crippen LogP contribution in [0.2, 0.25) is 0 Å². The van der Waals surface area contributed by atoms with Crippen molar-refractivity contribution in [1.29, 1.82) is 0 Å². The minimum absolute atomic E-state index is 0.0365. The Kier molecular flexibility index (Phi) is 12.1. The molecule has 1 N–H and O–H groups in total. The summed E-state index contributed by atoms with van der Waals surface area (Å²) in [6.07, 6.45) is 15.5. The van der Waals surface area contributed by atoms with Crippen LogP contribution >= 0.6 is 0 Å². The van der Waals surface area contributed by atoms with Crippen LogP contribution in [-0.4, -0.2) is 11.7 Å². The highest BCUT2D eigenvalue weighted by molar-refractivity contribution is 5.05. The molecule has 0 amide bonds. The van der Waals surface area contributed by atoms with E-state index in [0.29, 0.717) is 0 Å². The van der Waals surface area contributed by atoms with Gasteiger partial charge in [-0.3, -0.25) is 0 Å². The zero-order valence-electron chi connectivity index (χ0n) is 9.71. The smallest absolute Gasteiger partial charge is 0.104 e. The summed E-state index contributed by atoms with van der Waals surface area (Å²) in [6, 6.07) is 0. The van der Waals surface area contributed by atoms with E-state index in [4.69, 9.17) is 5.11 Å². The molecule has 1 nitrogen and oxygen atoms in total. The molecule has 0 aromatic heterocycles. The van der Waals surface area contributed by atoms with Gasteiger partial charge in [0, 0.05) is 6.42 Å². The molecule has 0 aromatic carbocycles. The lowest BCUT2D eigenvalue weighted by atomic mass is 10.2. The van der Waals surface area contributed by atoms with Gasteiger partial charge in [0.2, 0.25) is 0 Å². The molecule has 0 aliphatic carbocycles. The summed E-state index contributed by atoms with van der Waals surface area (Å²) in [5.41, 5.74) is 0. The Morgan fingerprint density at radius 2 is 1.80 bits per heavy atom. The second-order valence-electron chi connectivity index (χ2n) is 3.39. The van der Waals surface area contributed by atoms with Gasteiger partial charge in [0.05, 0.1) is 0 Å². The van der Waals surface area contributed by atoms with Crippen molar-refractivity contribution in [3.05, 3.63) is 24.3 Å². The molecule has 0 fully saturated rings. The van der Waals surface area contributed by atoms with E-state index in [1.165, 1.54) is 25.7 Å². The Hall–Kier alpha value is -1.00. The maximum absolute atomic E-state index is 8.40. The molecule has 1 heteroatoms. The maximum atomic E-state index is 8.40. The van der Waals surface area contributed by atoms with Crippen LogP contribution in [0.4, 0.5) is 0 Å². The van der Waals surface area contributed by atoms with Crippen molar-refractivity contribution >= 4 is 0 Å². The normalized spacial score (nSPS) is 10.8. The zero-order valence-corrected chi connectivity index (χ0v) is 9.71. The Balaban J connectivity index is 3.28. The Morgan fingerprint density at radius 1 is 1.00 bits per heavy atom. The zero-order chi connectivity index (χ0) is 11.2. The molecule has 0 aliphatic heterocycles. The molecule has 0 aliphatic rings. The first-order chi connectivity index (χ1) is 7.41. The van der Waals surface area contributed by atoms with Crippen LogP contribution in [0.5, 0.6) is 0 Å². The number of hydrogen-bond acceptors (Lipinski definition) is 1. The van der Waals surface area contributed by atoms with Gasteiger partial charge in [0.1, 0.15) is 6.61 Å². The third-order valence-corrected chi connectivity index (χ3v) is 2.00. The van der Waals surface area contributed by atoms with E-state index in [9.17, 15) is 0 Å². The average molecular weight is 206 g/mol. The molecule has 0 radical (unpaired) electrons. The number of aliphatic hydroxyl groups excluding tert-OH is 1. The van der Waals surface area contributed by atoms with Gasteiger partial charge < -0.3 is 5.11 Å². The third kappa shape index (κ3) is 13.0. The number of aliphatic hydroxyl groups is 1. The number of hydrogen-bond donors (Lipinski definition) is 1. The Morgan fingerprint density at radius 3 is 2.53 bits per heavy atom. The van der Waals surface area contributed by atoms with Gasteiger partial charge in [0.25, 0.3) is 0 Å². The van der Waals surface area contributed by atoms with Gasteiger partial charge in [-0.2, -0.15) is 0 Å². The summed E-state index contributed by atoms with van der Waals surface area (Å²) in [6.45, 7) is 2.19. The molecular formula is C14H22O. The Labute approximate surface area is 93.9 Å². The van der Waals surface area contributed by atoms with Crippen molar-refractivity contribution < 1.29 is 5.11 Å². The predicted molar refractivity (Wildman–Crippen MR) is 66.5 cm³/mol. The first-order valence-electron chi connectivity index (χ1n) is 5.78. The van der Waals surface area contributed by atoms with Crippen LogP contribution in [0.3, 0.4) is 0 Å². The van der Waals surface area contributed by atoms with E-state index >= 15 is 0 Å². The fraction of sp³-hybridized carbons (Fsp3) is 0.571. The molecule has 0 unspecified atom stereocenters. The van der Waals surface area contributed by atoms with Crippen LogP contribution in [0.1, 0.15) is 45.4 Å². The fourth-order valence-electron chi connectivity index (χ4n) is 1.17. The minimum Gasteiger partial charge on any atom is -0.384 e. The molecule has 0 saturated carbocycles. The van der Waals surface area contributed by atoms with Crippen molar-refractivity contribution in [2.24, 2.45) is 0 Å². The minimum atomic E-state index is -0.0365. The second kappa shape index (κ2) is 13.0. The lowest BCUT2D eigenvalue weighted by Gasteiger charge is -1.90. The largest absolute Gasteiger partial charge is 0.384 e. The van der Waals surface area contributed by atoms with E-state index in [1.807, 2.05) is 6.08 Å². The van der Waals surface area contributed by atoms with Crippen LogP contribution in [-0.2, 0) is 0 Å². The molecule has 0 heterocycles. The fourth-order valence-corrected chi connectivity index (χ4v) is 1.17. The van der Waals surface area contributed by atoms with E-state index in [2.05, 4.69) is 37.0 Å². The maximum Gasteiger partial charge on any atom is 0.104 e. The summed E-state index contributed by atoms with van der Waals surface area (Å²) >= 11 is 0. The molecule has 0 bridgehead atoms. The molecule has 15 heavy (non-hydrogen) atoms. The van der Waals surface area contributed by atoms with Gasteiger partial charge in [-0.1, -0.05) is 55.9 Å².